The van der Waals surface area contributed by atoms with Crippen LogP contribution in [0.25, 0.3) is 5.69 Å². The minimum atomic E-state index is -1.02. The van der Waals surface area contributed by atoms with Crippen molar-refractivity contribution in [3.8, 4) is 5.69 Å². The zero-order valence-corrected chi connectivity index (χ0v) is 19.4. The molecule has 0 saturated carbocycles. The number of nitrogen functional groups attached to an aromatic ring is 1. The zero-order valence-electron chi connectivity index (χ0n) is 19.4. The van der Waals surface area contributed by atoms with Gasteiger partial charge in [-0.1, -0.05) is 26.0 Å². The molecule has 0 aliphatic carbocycles. The number of aliphatic carboxylic acids is 1. The van der Waals surface area contributed by atoms with Crippen LogP contribution >= 0.6 is 0 Å². The van der Waals surface area contributed by atoms with Crippen molar-refractivity contribution in [2.45, 2.75) is 32.7 Å². The Morgan fingerprint density at radius 2 is 1.69 bits per heavy atom. The van der Waals surface area contributed by atoms with Crippen LogP contribution in [0, 0.1) is 17.6 Å². The normalized spacial score (nSPS) is 12.0. The fourth-order valence-electron chi connectivity index (χ4n) is 3.78. The number of pyridine rings is 1. The van der Waals surface area contributed by atoms with Crippen LogP contribution in [0.1, 0.15) is 41.8 Å². The first kappa shape index (κ1) is 25.8. The Hall–Kier alpha value is -3.85. The third-order valence-electron chi connectivity index (χ3n) is 5.55. The molecule has 3 rings (SSSR count). The predicted octanol–water partition coefficient (Wildman–Crippen LogP) is 3.56. The van der Waals surface area contributed by atoms with Gasteiger partial charge in [-0.15, -0.1) is 0 Å². The lowest BCUT2D eigenvalue weighted by Crippen LogP contribution is -2.38. The minimum Gasteiger partial charge on any atom is -0.480 e. The van der Waals surface area contributed by atoms with E-state index in [9.17, 15) is 28.3 Å². The topological polar surface area (TPSA) is 114 Å². The number of benzene rings is 2. The van der Waals surface area contributed by atoms with Crippen LogP contribution < -0.4 is 16.6 Å². The number of carbonyl (C=O) groups excluding carboxylic acids is 1. The number of anilines is 1. The van der Waals surface area contributed by atoms with Gasteiger partial charge in [0.25, 0.3) is 5.56 Å². The highest BCUT2D eigenvalue weighted by Crippen LogP contribution is 2.21. The van der Waals surface area contributed by atoms with E-state index < -0.39 is 35.0 Å². The zero-order chi connectivity index (χ0) is 25.7. The molecule has 0 saturated heterocycles. The molecule has 0 fully saturated rings. The number of nitrogens with one attached hydrogen (secondary N) is 1. The molecular formula is C26H27F2N3O4. The third-order valence-corrected chi connectivity index (χ3v) is 5.55. The van der Waals surface area contributed by atoms with Crippen LogP contribution in [0.15, 0.2) is 59.4 Å². The van der Waals surface area contributed by atoms with Crippen molar-refractivity contribution in [1.82, 2.24) is 9.88 Å². The van der Waals surface area contributed by atoms with Crippen molar-refractivity contribution in [2.75, 3.05) is 12.3 Å². The molecule has 0 aliphatic rings. The fraction of sp³-hybridized carbons (Fsp3) is 0.269. The molecule has 0 bridgehead atoms. The van der Waals surface area contributed by atoms with Crippen LogP contribution in [0.5, 0.6) is 0 Å². The largest absolute Gasteiger partial charge is 0.480 e. The van der Waals surface area contributed by atoms with Gasteiger partial charge in [-0.25, -0.2) is 8.78 Å². The second-order valence-corrected chi connectivity index (χ2v) is 8.65. The van der Waals surface area contributed by atoms with Crippen molar-refractivity contribution in [1.29, 1.82) is 0 Å². The molecule has 1 heterocycles. The molecule has 4 N–H and O–H groups in total. The maximum atomic E-state index is 14.1. The predicted molar refractivity (Wildman–Crippen MR) is 129 cm³/mol. The standard InChI is InChI=1S/C26H27F2N3O4/c1-15(2)13-22(26(34)35)30-12-11-16-3-6-18(7-4-16)31-23(32)10-9-20(25(31)29)24(33)19-8-5-17(27)14-21(19)28/h3-10,14-15,22,30H,11-13,29H2,1-2H3,(H,34,35). The summed E-state index contributed by atoms with van der Waals surface area (Å²) < 4.78 is 28.5. The van der Waals surface area contributed by atoms with Gasteiger partial charge in [-0.2, -0.15) is 0 Å². The van der Waals surface area contributed by atoms with Crippen molar-refractivity contribution in [3.05, 3.63) is 93.3 Å². The van der Waals surface area contributed by atoms with E-state index in [0.717, 1.165) is 28.3 Å². The van der Waals surface area contributed by atoms with E-state index >= 15 is 0 Å². The maximum Gasteiger partial charge on any atom is 0.320 e. The number of nitrogens with zero attached hydrogens (tertiary/aromatic N) is 1. The van der Waals surface area contributed by atoms with E-state index in [0.29, 0.717) is 31.1 Å². The molecule has 7 nitrogen and oxygen atoms in total. The number of ketones is 1. The van der Waals surface area contributed by atoms with Crippen LogP contribution in [-0.4, -0.2) is 34.0 Å². The molecule has 184 valence electrons. The van der Waals surface area contributed by atoms with Gasteiger partial charge in [0.1, 0.15) is 23.5 Å². The molecule has 35 heavy (non-hydrogen) atoms. The van der Waals surface area contributed by atoms with Gasteiger partial charge in [0.2, 0.25) is 0 Å². The van der Waals surface area contributed by atoms with Gasteiger partial charge < -0.3 is 16.2 Å². The van der Waals surface area contributed by atoms with E-state index in [1.54, 1.807) is 24.3 Å². The van der Waals surface area contributed by atoms with Crippen molar-refractivity contribution in [3.63, 3.8) is 0 Å². The number of nitrogens with two attached hydrogens (primary N) is 1. The van der Waals surface area contributed by atoms with Crippen LogP contribution in [0.4, 0.5) is 14.6 Å². The van der Waals surface area contributed by atoms with Gasteiger partial charge >= 0.3 is 5.97 Å². The number of hydrogen-bond donors (Lipinski definition) is 3. The van der Waals surface area contributed by atoms with E-state index in [2.05, 4.69) is 5.32 Å². The molecule has 1 unspecified atom stereocenters. The summed E-state index contributed by atoms with van der Waals surface area (Å²) in [6.45, 7) is 4.38. The fourth-order valence-corrected chi connectivity index (χ4v) is 3.78. The molecule has 0 radical (unpaired) electrons. The highest BCUT2D eigenvalue weighted by atomic mass is 19.1. The van der Waals surface area contributed by atoms with E-state index in [-0.39, 0.29) is 22.9 Å². The molecule has 2 aromatic carbocycles. The molecule has 3 aromatic rings. The third kappa shape index (κ3) is 6.19. The van der Waals surface area contributed by atoms with E-state index in [1.165, 1.54) is 6.07 Å². The Morgan fingerprint density at radius 3 is 2.29 bits per heavy atom. The summed E-state index contributed by atoms with van der Waals surface area (Å²) in [6, 6.07) is 11.2. The molecule has 0 spiro atoms. The minimum absolute atomic E-state index is 0.0896. The van der Waals surface area contributed by atoms with Crippen LogP contribution in [-0.2, 0) is 11.2 Å². The summed E-state index contributed by atoms with van der Waals surface area (Å²) in [4.78, 5) is 36.7. The Morgan fingerprint density at radius 1 is 1.03 bits per heavy atom. The van der Waals surface area contributed by atoms with Crippen molar-refractivity contribution in [2.24, 2.45) is 5.92 Å². The van der Waals surface area contributed by atoms with Gasteiger partial charge in [0.15, 0.2) is 5.78 Å². The lowest BCUT2D eigenvalue weighted by Gasteiger charge is -2.16. The van der Waals surface area contributed by atoms with E-state index in [4.69, 9.17) is 5.73 Å². The lowest BCUT2D eigenvalue weighted by molar-refractivity contribution is -0.139. The SMILES string of the molecule is CC(C)CC(NCCc1ccc(-n2c(N)c(C(=O)c3ccc(F)cc3F)ccc2=O)cc1)C(=O)O. The molecule has 0 amide bonds. The lowest BCUT2D eigenvalue weighted by atomic mass is 10.0. The molecular weight excluding hydrogens is 456 g/mol. The van der Waals surface area contributed by atoms with E-state index in [1.807, 2.05) is 13.8 Å². The molecule has 1 atom stereocenters. The van der Waals surface area contributed by atoms with Crippen molar-refractivity contribution < 1.29 is 23.5 Å². The number of halogens is 2. The average molecular weight is 484 g/mol. The highest BCUT2D eigenvalue weighted by Gasteiger charge is 2.20. The summed E-state index contributed by atoms with van der Waals surface area (Å²) in [7, 11) is 0. The number of carbonyl (C=O) groups is 2. The summed E-state index contributed by atoms with van der Waals surface area (Å²) >= 11 is 0. The number of hydrogen-bond acceptors (Lipinski definition) is 5. The number of carboxylic acids is 1. The summed E-state index contributed by atoms with van der Waals surface area (Å²) in [5.41, 5.74) is 6.51. The maximum absolute atomic E-state index is 14.1. The van der Waals surface area contributed by atoms with Crippen LogP contribution in [0.3, 0.4) is 0 Å². The first-order valence-corrected chi connectivity index (χ1v) is 11.1. The first-order chi connectivity index (χ1) is 16.6. The van der Waals surface area contributed by atoms with Gasteiger partial charge in [0, 0.05) is 12.1 Å². The van der Waals surface area contributed by atoms with Crippen molar-refractivity contribution >= 4 is 17.6 Å². The van der Waals surface area contributed by atoms with Gasteiger partial charge in [0.05, 0.1) is 16.8 Å². The number of aromatic nitrogens is 1. The molecule has 9 heteroatoms. The summed E-state index contributed by atoms with van der Waals surface area (Å²) in [6.07, 6.45) is 1.09. The molecule has 1 aromatic heterocycles. The smallest absolute Gasteiger partial charge is 0.320 e. The Bertz CT molecular complexity index is 1290. The van der Waals surface area contributed by atoms with Crippen LogP contribution in [0.2, 0.25) is 0 Å². The second-order valence-electron chi connectivity index (χ2n) is 8.65. The second kappa shape index (κ2) is 11.1. The monoisotopic (exact) mass is 483 g/mol. The van der Waals surface area contributed by atoms with Gasteiger partial charge in [-0.3, -0.25) is 19.0 Å². The Labute approximate surface area is 201 Å². The Kier molecular flexibility index (Phi) is 8.14. The Balaban J connectivity index is 1.80. The first-order valence-electron chi connectivity index (χ1n) is 11.1. The quantitative estimate of drug-likeness (QED) is 0.380. The number of carboxylic acid groups (broad SMARTS) is 1. The average Bonchev–Trinajstić information content (AvgIpc) is 2.79. The van der Waals surface area contributed by atoms with Gasteiger partial charge in [-0.05, 0) is 61.2 Å². The highest BCUT2D eigenvalue weighted by molar-refractivity contribution is 6.11. The molecule has 0 aliphatic heterocycles. The summed E-state index contributed by atoms with van der Waals surface area (Å²) in [5, 5.41) is 12.4. The summed E-state index contributed by atoms with van der Waals surface area (Å²) in [5.74, 6) is -3.42. The number of rotatable bonds is 10.